The minimum atomic E-state index is -0.938. The molecule has 94 valence electrons. The molecular weight excluding hydrogens is 216 g/mol. The van der Waals surface area contributed by atoms with Crippen molar-refractivity contribution < 1.29 is 14.6 Å². The summed E-state index contributed by atoms with van der Waals surface area (Å²) in [7, 11) is 0. The Labute approximate surface area is 102 Å². The highest BCUT2D eigenvalue weighted by molar-refractivity contribution is 5.90. The van der Waals surface area contributed by atoms with E-state index in [1.54, 1.807) is 24.3 Å². The zero-order valence-electron chi connectivity index (χ0n) is 10.3. The molecule has 0 spiro atoms. The van der Waals surface area contributed by atoms with Gasteiger partial charge in [0.1, 0.15) is 11.3 Å². The lowest BCUT2D eigenvalue weighted by Gasteiger charge is -2.08. The largest absolute Gasteiger partial charge is 0.493 e. The van der Waals surface area contributed by atoms with Gasteiger partial charge >= 0.3 is 5.97 Å². The minimum Gasteiger partial charge on any atom is -0.493 e. The molecule has 1 rings (SSSR count). The standard InChI is InChI=1S/C14H20O3/c1-2-3-4-5-8-11-17-13-10-7-6-9-12(13)14(15)16/h6-7,9-10H,2-5,8,11H2,1H3,(H,15,16). The second-order valence-corrected chi connectivity index (χ2v) is 4.06. The van der Waals surface area contributed by atoms with Crippen LogP contribution in [0.1, 0.15) is 49.4 Å². The first-order valence-electron chi connectivity index (χ1n) is 6.20. The van der Waals surface area contributed by atoms with Crippen molar-refractivity contribution in [2.24, 2.45) is 0 Å². The lowest BCUT2D eigenvalue weighted by molar-refractivity contribution is 0.0692. The molecule has 1 aromatic rings. The normalized spacial score (nSPS) is 10.2. The summed E-state index contributed by atoms with van der Waals surface area (Å²) in [5, 5.41) is 8.96. The summed E-state index contributed by atoms with van der Waals surface area (Å²) >= 11 is 0. The molecule has 3 heteroatoms. The molecule has 0 aliphatic carbocycles. The first kappa shape index (κ1) is 13.6. The number of hydrogen-bond donors (Lipinski definition) is 1. The maximum absolute atomic E-state index is 10.9. The number of carboxylic acid groups (broad SMARTS) is 1. The molecule has 0 radical (unpaired) electrons. The summed E-state index contributed by atoms with van der Waals surface area (Å²) in [5.74, 6) is -0.470. The molecule has 0 atom stereocenters. The zero-order chi connectivity index (χ0) is 12.5. The van der Waals surface area contributed by atoms with Crippen molar-refractivity contribution in [1.82, 2.24) is 0 Å². The van der Waals surface area contributed by atoms with Gasteiger partial charge in [-0.25, -0.2) is 4.79 Å². The van der Waals surface area contributed by atoms with Crippen molar-refractivity contribution in [2.75, 3.05) is 6.61 Å². The number of benzene rings is 1. The Morgan fingerprint density at radius 1 is 1.18 bits per heavy atom. The quantitative estimate of drug-likeness (QED) is 0.699. The van der Waals surface area contributed by atoms with Gasteiger partial charge in [-0.1, -0.05) is 44.7 Å². The van der Waals surface area contributed by atoms with Gasteiger partial charge in [-0.15, -0.1) is 0 Å². The van der Waals surface area contributed by atoms with Crippen molar-refractivity contribution >= 4 is 5.97 Å². The predicted octanol–water partition coefficient (Wildman–Crippen LogP) is 3.73. The lowest BCUT2D eigenvalue weighted by Crippen LogP contribution is -2.04. The van der Waals surface area contributed by atoms with Crippen LogP contribution >= 0.6 is 0 Å². The average molecular weight is 236 g/mol. The molecule has 0 fully saturated rings. The van der Waals surface area contributed by atoms with Crippen LogP contribution < -0.4 is 4.74 Å². The molecule has 0 heterocycles. The van der Waals surface area contributed by atoms with Crippen LogP contribution in [0.25, 0.3) is 0 Å². The summed E-state index contributed by atoms with van der Waals surface area (Å²) < 4.78 is 5.50. The van der Waals surface area contributed by atoms with E-state index in [2.05, 4.69) is 6.92 Å². The Bertz CT molecular complexity index is 347. The monoisotopic (exact) mass is 236 g/mol. The highest BCUT2D eigenvalue weighted by Gasteiger charge is 2.09. The fourth-order valence-corrected chi connectivity index (χ4v) is 1.66. The molecule has 1 N–H and O–H groups in total. The van der Waals surface area contributed by atoms with Gasteiger partial charge in [-0.3, -0.25) is 0 Å². The number of carbonyl (C=O) groups is 1. The van der Waals surface area contributed by atoms with E-state index in [0.717, 1.165) is 12.8 Å². The topological polar surface area (TPSA) is 46.5 Å². The van der Waals surface area contributed by atoms with Gasteiger partial charge in [-0.2, -0.15) is 0 Å². The molecule has 0 saturated carbocycles. The Hall–Kier alpha value is -1.51. The van der Waals surface area contributed by atoms with Crippen LogP contribution in [0, 0.1) is 0 Å². The highest BCUT2D eigenvalue weighted by Crippen LogP contribution is 2.18. The Morgan fingerprint density at radius 3 is 2.59 bits per heavy atom. The molecule has 0 unspecified atom stereocenters. The van der Waals surface area contributed by atoms with E-state index in [9.17, 15) is 4.79 Å². The number of carboxylic acids is 1. The maximum atomic E-state index is 10.9. The van der Waals surface area contributed by atoms with Gasteiger partial charge in [0, 0.05) is 0 Å². The lowest BCUT2D eigenvalue weighted by atomic mass is 10.1. The fourth-order valence-electron chi connectivity index (χ4n) is 1.66. The minimum absolute atomic E-state index is 0.237. The van der Waals surface area contributed by atoms with Crippen LogP contribution in [-0.4, -0.2) is 17.7 Å². The van der Waals surface area contributed by atoms with Gasteiger partial charge in [0.05, 0.1) is 6.61 Å². The number of unbranched alkanes of at least 4 members (excludes halogenated alkanes) is 4. The first-order chi connectivity index (χ1) is 8.25. The predicted molar refractivity (Wildman–Crippen MR) is 67.7 cm³/mol. The zero-order valence-corrected chi connectivity index (χ0v) is 10.3. The van der Waals surface area contributed by atoms with E-state index in [4.69, 9.17) is 9.84 Å². The molecule has 3 nitrogen and oxygen atoms in total. The number of para-hydroxylation sites is 1. The Morgan fingerprint density at radius 2 is 1.88 bits per heavy atom. The van der Waals surface area contributed by atoms with E-state index in [-0.39, 0.29) is 5.56 Å². The van der Waals surface area contributed by atoms with Crippen LogP contribution in [0.5, 0.6) is 5.75 Å². The van der Waals surface area contributed by atoms with Crippen molar-refractivity contribution in [3.05, 3.63) is 29.8 Å². The van der Waals surface area contributed by atoms with Gasteiger partial charge in [-0.05, 0) is 18.6 Å². The van der Waals surface area contributed by atoms with E-state index in [0.29, 0.717) is 12.4 Å². The third-order valence-corrected chi connectivity index (χ3v) is 2.62. The maximum Gasteiger partial charge on any atom is 0.339 e. The SMILES string of the molecule is CCCCCCCOc1ccccc1C(=O)O. The number of hydrogen-bond acceptors (Lipinski definition) is 2. The summed E-state index contributed by atoms with van der Waals surface area (Å²) in [5.41, 5.74) is 0.237. The van der Waals surface area contributed by atoms with Gasteiger partial charge < -0.3 is 9.84 Å². The summed E-state index contributed by atoms with van der Waals surface area (Å²) in [6.07, 6.45) is 5.83. The van der Waals surface area contributed by atoms with Crippen LogP contribution in [0.2, 0.25) is 0 Å². The number of rotatable bonds is 8. The Balaban J connectivity index is 2.34. The third kappa shape index (κ3) is 4.89. The van der Waals surface area contributed by atoms with Crippen LogP contribution in [0.3, 0.4) is 0 Å². The summed E-state index contributed by atoms with van der Waals surface area (Å²) in [6.45, 7) is 2.77. The van der Waals surface area contributed by atoms with E-state index >= 15 is 0 Å². The second-order valence-electron chi connectivity index (χ2n) is 4.06. The van der Waals surface area contributed by atoms with E-state index in [1.807, 2.05) is 0 Å². The van der Waals surface area contributed by atoms with Gasteiger partial charge in [0.25, 0.3) is 0 Å². The van der Waals surface area contributed by atoms with Gasteiger partial charge in [0.2, 0.25) is 0 Å². The van der Waals surface area contributed by atoms with E-state index < -0.39 is 5.97 Å². The molecule has 0 amide bonds. The Kier molecular flexibility index (Phi) is 6.15. The second kappa shape index (κ2) is 7.71. The molecule has 0 aromatic heterocycles. The van der Waals surface area contributed by atoms with Crippen molar-refractivity contribution in [1.29, 1.82) is 0 Å². The molecule has 0 saturated heterocycles. The van der Waals surface area contributed by atoms with Crippen molar-refractivity contribution in [2.45, 2.75) is 39.0 Å². The smallest absolute Gasteiger partial charge is 0.339 e. The van der Waals surface area contributed by atoms with Gasteiger partial charge in [0.15, 0.2) is 0 Å². The molecule has 1 aromatic carbocycles. The van der Waals surface area contributed by atoms with Crippen molar-refractivity contribution in [3.8, 4) is 5.75 Å². The van der Waals surface area contributed by atoms with Crippen LogP contribution in [0.4, 0.5) is 0 Å². The van der Waals surface area contributed by atoms with Crippen LogP contribution in [-0.2, 0) is 0 Å². The van der Waals surface area contributed by atoms with Crippen LogP contribution in [0.15, 0.2) is 24.3 Å². The van der Waals surface area contributed by atoms with E-state index in [1.165, 1.54) is 19.3 Å². The average Bonchev–Trinajstić information content (AvgIpc) is 2.34. The summed E-state index contributed by atoms with van der Waals surface area (Å²) in [6, 6.07) is 6.76. The highest BCUT2D eigenvalue weighted by atomic mass is 16.5. The van der Waals surface area contributed by atoms with Crippen molar-refractivity contribution in [3.63, 3.8) is 0 Å². The number of aromatic carboxylic acids is 1. The molecular formula is C14H20O3. The number of ether oxygens (including phenoxy) is 1. The fraction of sp³-hybridized carbons (Fsp3) is 0.500. The molecule has 0 aliphatic rings. The third-order valence-electron chi connectivity index (χ3n) is 2.62. The molecule has 17 heavy (non-hydrogen) atoms. The molecule has 0 aliphatic heterocycles. The first-order valence-corrected chi connectivity index (χ1v) is 6.20. The summed E-state index contributed by atoms with van der Waals surface area (Å²) in [4.78, 5) is 10.9. The molecule has 0 bridgehead atoms.